The molecule has 1 aliphatic heterocycles. The number of pyridine rings is 1. The number of para-hydroxylation sites is 1. The second kappa shape index (κ2) is 6.44. The number of rotatable bonds is 4. The summed E-state index contributed by atoms with van der Waals surface area (Å²) in [7, 11) is 1.62. The maximum absolute atomic E-state index is 5.88. The molecule has 1 aromatic heterocycles. The van der Waals surface area contributed by atoms with Gasteiger partial charge in [-0.15, -0.1) is 0 Å². The van der Waals surface area contributed by atoms with E-state index in [0.717, 1.165) is 26.3 Å². The molecule has 1 aromatic carbocycles. The largest absolute Gasteiger partial charge is 0.486 e. The monoisotopic (exact) mass is 395 g/mol. The molecular weight excluding hydrogens is 381 g/mol. The van der Waals surface area contributed by atoms with Gasteiger partial charge in [0, 0.05) is 18.9 Å². The Morgan fingerprint density at radius 2 is 2.00 bits per heavy atom. The third kappa shape index (κ3) is 3.03. The molecule has 0 spiro atoms. The van der Waals surface area contributed by atoms with Gasteiger partial charge in [-0.3, -0.25) is 4.98 Å². The molecule has 0 bridgehead atoms. The van der Waals surface area contributed by atoms with Gasteiger partial charge >= 0.3 is 0 Å². The van der Waals surface area contributed by atoms with Gasteiger partial charge in [0.1, 0.15) is 12.4 Å². The number of ether oxygens (including phenoxy) is 3. The van der Waals surface area contributed by atoms with Gasteiger partial charge in [-0.2, -0.15) is 0 Å². The van der Waals surface area contributed by atoms with Crippen LogP contribution in [0.15, 0.2) is 54.4 Å². The molecule has 0 amide bonds. The lowest BCUT2D eigenvalue weighted by molar-refractivity contribution is -0.104. The zero-order valence-electron chi connectivity index (χ0n) is 11.5. The van der Waals surface area contributed by atoms with Crippen LogP contribution >= 0.6 is 22.6 Å². The highest BCUT2D eigenvalue weighted by molar-refractivity contribution is 14.1. The van der Waals surface area contributed by atoms with Gasteiger partial charge < -0.3 is 14.2 Å². The summed E-state index contributed by atoms with van der Waals surface area (Å²) in [6.45, 7) is 0.345. The van der Waals surface area contributed by atoms with Gasteiger partial charge in [0.05, 0.1) is 9.27 Å². The van der Waals surface area contributed by atoms with Gasteiger partial charge in [-0.05, 0) is 46.9 Å². The van der Waals surface area contributed by atoms with E-state index < -0.39 is 6.29 Å². The van der Waals surface area contributed by atoms with E-state index in [9.17, 15) is 0 Å². The Kier molecular flexibility index (Phi) is 4.40. The fourth-order valence-electron chi connectivity index (χ4n) is 2.11. The summed E-state index contributed by atoms with van der Waals surface area (Å²) < 4.78 is 18.0. The Balaban J connectivity index is 1.85. The van der Waals surface area contributed by atoms with Gasteiger partial charge in [0.25, 0.3) is 0 Å². The molecule has 2 heterocycles. The van der Waals surface area contributed by atoms with E-state index in [1.165, 1.54) is 0 Å². The van der Waals surface area contributed by atoms with Gasteiger partial charge in [0.15, 0.2) is 5.76 Å². The van der Waals surface area contributed by atoms with Crippen LogP contribution in [0, 0.1) is 0 Å². The number of fused-ring (bicyclic) bond motifs is 1. The van der Waals surface area contributed by atoms with Crippen molar-refractivity contribution in [2.24, 2.45) is 0 Å². The quantitative estimate of drug-likeness (QED) is 0.736. The summed E-state index contributed by atoms with van der Waals surface area (Å²) >= 11 is 2.24. The number of aromatic nitrogens is 1. The maximum Gasteiger partial charge on any atom is 0.228 e. The van der Waals surface area contributed by atoms with E-state index >= 15 is 0 Å². The lowest BCUT2D eigenvalue weighted by atomic mass is 10.1. The molecule has 0 saturated carbocycles. The van der Waals surface area contributed by atoms with E-state index in [1.54, 1.807) is 13.3 Å². The normalized spacial score (nSPS) is 17.1. The molecule has 4 nitrogen and oxygen atoms in total. The van der Waals surface area contributed by atoms with E-state index in [-0.39, 0.29) is 0 Å². The van der Waals surface area contributed by atoms with E-state index in [0.29, 0.717) is 6.61 Å². The highest BCUT2D eigenvalue weighted by Crippen LogP contribution is 2.39. The molecule has 1 atom stereocenters. The molecule has 0 radical (unpaired) electrons. The molecular formula is C16H14INO3. The molecule has 0 fully saturated rings. The molecule has 1 aliphatic rings. The summed E-state index contributed by atoms with van der Waals surface area (Å²) in [6, 6.07) is 13.5. The Morgan fingerprint density at radius 1 is 1.19 bits per heavy atom. The molecule has 0 N–H and O–H groups in total. The summed E-state index contributed by atoms with van der Waals surface area (Å²) in [6.07, 6.45) is 1.33. The predicted octanol–water partition coefficient (Wildman–Crippen LogP) is 3.94. The Labute approximate surface area is 136 Å². The summed E-state index contributed by atoms with van der Waals surface area (Å²) in [5.41, 5.74) is 1.83. The van der Waals surface area contributed by atoms with Crippen molar-refractivity contribution in [2.45, 2.75) is 6.29 Å². The van der Waals surface area contributed by atoms with E-state index in [1.807, 2.05) is 42.5 Å². The van der Waals surface area contributed by atoms with Crippen LogP contribution in [0.3, 0.4) is 0 Å². The lowest BCUT2D eigenvalue weighted by Crippen LogP contribution is -2.18. The van der Waals surface area contributed by atoms with Crippen LogP contribution in [0.1, 0.15) is 17.5 Å². The number of nitrogens with zero attached hydrogens (tertiary/aromatic N) is 1. The van der Waals surface area contributed by atoms with E-state index in [4.69, 9.17) is 14.2 Å². The molecule has 1 unspecified atom stereocenters. The minimum absolute atomic E-state index is 0.345. The Bertz CT molecular complexity index is 658. The average molecular weight is 395 g/mol. The highest BCUT2D eigenvalue weighted by Gasteiger charge is 2.28. The van der Waals surface area contributed by atoms with E-state index in [2.05, 4.69) is 27.6 Å². The number of halogens is 1. The summed E-state index contributed by atoms with van der Waals surface area (Å²) in [5, 5.41) is 0. The van der Waals surface area contributed by atoms with Crippen molar-refractivity contribution in [1.29, 1.82) is 0 Å². The van der Waals surface area contributed by atoms with Crippen molar-refractivity contribution >= 4 is 26.2 Å². The van der Waals surface area contributed by atoms with Crippen LogP contribution in [-0.4, -0.2) is 18.7 Å². The topological polar surface area (TPSA) is 40.6 Å². The minimum Gasteiger partial charge on any atom is -0.486 e. The fraction of sp³-hybridized carbons (Fsp3) is 0.188. The first-order chi connectivity index (χ1) is 10.3. The second-order valence-corrected chi connectivity index (χ2v) is 5.54. The maximum atomic E-state index is 5.88. The SMILES string of the molecule is COC1OC(COc2ccccc2)=C(I)c2ncccc21. The first kappa shape index (κ1) is 14.3. The van der Waals surface area contributed by atoms with Crippen molar-refractivity contribution in [3.05, 3.63) is 65.7 Å². The highest BCUT2D eigenvalue weighted by atomic mass is 127. The third-order valence-corrected chi connectivity index (χ3v) is 4.23. The fourth-order valence-corrected chi connectivity index (χ4v) is 2.84. The lowest BCUT2D eigenvalue weighted by Gasteiger charge is -2.27. The van der Waals surface area contributed by atoms with Crippen molar-refractivity contribution in [3.8, 4) is 5.75 Å². The summed E-state index contributed by atoms with van der Waals surface area (Å²) in [4.78, 5) is 4.42. The van der Waals surface area contributed by atoms with Crippen LogP contribution in [0.4, 0.5) is 0 Å². The minimum atomic E-state index is -0.443. The smallest absolute Gasteiger partial charge is 0.228 e. The molecule has 21 heavy (non-hydrogen) atoms. The van der Waals surface area contributed by atoms with Crippen molar-refractivity contribution < 1.29 is 14.2 Å². The first-order valence-electron chi connectivity index (χ1n) is 6.51. The number of hydrogen-bond donors (Lipinski definition) is 0. The Morgan fingerprint density at radius 3 is 2.76 bits per heavy atom. The zero-order chi connectivity index (χ0) is 14.7. The zero-order valence-corrected chi connectivity index (χ0v) is 13.6. The molecule has 108 valence electrons. The average Bonchev–Trinajstić information content (AvgIpc) is 2.55. The number of hydrogen-bond acceptors (Lipinski definition) is 4. The van der Waals surface area contributed by atoms with Crippen LogP contribution in [0.5, 0.6) is 5.75 Å². The number of benzene rings is 1. The van der Waals surface area contributed by atoms with Crippen molar-refractivity contribution in [1.82, 2.24) is 4.98 Å². The first-order valence-corrected chi connectivity index (χ1v) is 7.58. The standard InChI is InChI=1S/C16H14INO3/c1-19-16-12-8-5-9-18-15(12)14(17)13(21-16)10-20-11-6-3-2-4-7-11/h2-9,16H,10H2,1H3. The second-order valence-electron chi connectivity index (χ2n) is 4.47. The predicted molar refractivity (Wildman–Crippen MR) is 87.9 cm³/mol. The van der Waals surface area contributed by atoms with Crippen LogP contribution in [-0.2, 0) is 9.47 Å². The number of methoxy groups -OCH3 is 1. The molecule has 0 aliphatic carbocycles. The molecule has 2 aromatic rings. The summed E-state index contributed by atoms with van der Waals surface area (Å²) in [5.74, 6) is 1.54. The van der Waals surface area contributed by atoms with Gasteiger partial charge in [-0.1, -0.05) is 18.2 Å². The molecule has 5 heteroatoms. The van der Waals surface area contributed by atoms with Gasteiger partial charge in [0.2, 0.25) is 6.29 Å². The Hall–Kier alpha value is -1.60. The van der Waals surface area contributed by atoms with Crippen LogP contribution in [0.25, 0.3) is 3.58 Å². The van der Waals surface area contributed by atoms with Crippen molar-refractivity contribution in [2.75, 3.05) is 13.7 Å². The van der Waals surface area contributed by atoms with Crippen LogP contribution < -0.4 is 4.74 Å². The van der Waals surface area contributed by atoms with Crippen LogP contribution in [0.2, 0.25) is 0 Å². The molecule has 0 saturated heterocycles. The van der Waals surface area contributed by atoms with Gasteiger partial charge in [-0.25, -0.2) is 0 Å². The third-order valence-electron chi connectivity index (χ3n) is 3.12. The van der Waals surface area contributed by atoms with Crippen molar-refractivity contribution in [3.63, 3.8) is 0 Å². The molecule has 3 rings (SSSR count).